The number of nitrogens with one attached hydrogen (secondary N) is 1. The molecular weight excluding hydrogens is 244 g/mol. The third-order valence-electron chi connectivity index (χ3n) is 3.24. The summed E-state index contributed by atoms with van der Waals surface area (Å²) in [7, 11) is 1.57. The highest BCUT2D eigenvalue weighted by Gasteiger charge is 2.19. The van der Waals surface area contributed by atoms with Crippen LogP contribution < -0.4 is 20.5 Å². The van der Waals surface area contributed by atoms with Crippen molar-refractivity contribution in [1.29, 1.82) is 0 Å². The number of benzene rings is 1. The Morgan fingerprint density at radius 2 is 2.00 bits per heavy atom. The summed E-state index contributed by atoms with van der Waals surface area (Å²) < 4.78 is 11.2. The normalized spacial score (nSPS) is 15.3. The molecule has 1 aliphatic rings. The molecule has 0 heterocycles. The highest BCUT2D eigenvalue weighted by atomic mass is 16.5. The molecule has 5 nitrogen and oxygen atoms in total. The van der Waals surface area contributed by atoms with E-state index in [2.05, 4.69) is 5.32 Å². The Kier molecular flexibility index (Phi) is 4.14. The molecule has 19 heavy (non-hydrogen) atoms. The lowest BCUT2D eigenvalue weighted by Crippen LogP contribution is -2.13. The molecule has 0 saturated heterocycles. The van der Waals surface area contributed by atoms with Crippen LogP contribution in [-0.4, -0.2) is 19.1 Å². The third kappa shape index (κ3) is 3.30. The van der Waals surface area contributed by atoms with Crippen LogP contribution in [0.25, 0.3) is 0 Å². The fourth-order valence-corrected chi connectivity index (χ4v) is 2.31. The van der Waals surface area contributed by atoms with Crippen molar-refractivity contribution in [2.45, 2.75) is 38.7 Å². The molecule has 5 heteroatoms. The topological polar surface area (TPSA) is 73.6 Å². The van der Waals surface area contributed by atoms with E-state index in [1.807, 2.05) is 0 Å². The summed E-state index contributed by atoms with van der Waals surface area (Å²) in [6.07, 6.45) is 4.77. The van der Waals surface area contributed by atoms with Crippen molar-refractivity contribution in [2.75, 3.05) is 18.2 Å². The number of hydrogen-bond donors (Lipinski definition) is 2. The molecule has 0 spiro atoms. The molecule has 0 unspecified atom stereocenters. The molecule has 1 fully saturated rings. The summed E-state index contributed by atoms with van der Waals surface area (Å²) in [5.74, 6) is 1.06. The molecule has 0 aromatic heterocycles. The van der Waals surface area contributed by atoms with Gasteiger partial charge < -0.3 is 20.5 Å². The molecule has 0 bridgehead atoms. The lowest BCUT2D eigenvalue weighted by Gasteiger charge is -2.18. The molecule has 1 aromatic rings. The maximum Gasteiger partial charge on any atom is 0.221 e. The summed E-state index contributed by atoms with van der Waals surface area (Å²) >= 11 is 0. The number of nitrogens with two attached hydrogens (primary N) is 1. The smallest absolute Gasteiger partial charge is 0.221 e. The number of methoxy groups -OCH3 is 1. The molecule has 0 radical (unpaired) electrons. The Labute approximate surface area is 113 Å². The lowest BCUT2D eigenvalue weighted by atomic mass is 10.2. The van der Waals surface area contributed by atoms with Gasteiger partial charge in [-0.15, -0.1) is 0 Å². The Morgan fingerprint density at radius 3 is 2.58 bits per heavy atom. The predicted octanol–water partition coefficient (Wildman–Crippen LogP) is 2.56. The molecule has 104 valence electrons. The molecule has 0 aliphatic heterocycles. The minimum atomic E-state index is -0.168. The van der Waals surface area contributed by atoms with E-state index in [1.165, 1.54) is 19.8 Å². The van der Waals surface area contributed by atoms with E-state index in [1.54, 1.807) is 19.2 Å². The zero-order valence-corrected chi connectivity index (χ0v) is 11.4. The number of nitrogen functional groups attached to an aromatic ring is 1. The van der Waals surface area contributed by atoms with E-state index in [0.717, 1.165) is 12.8 Å². The van der Waals surface area contributed by atoms with Gasteiger partial charge in [-0.2, -0.15) is 0 Å². The van der Waals surface area contributed by atoms with Crippen LogP contribution in [0.5, 0.6) is 11.5 Å². The predicted molar refractivity (Wildman–Crippen MR) is 74.6 cm³/mol. The van der Waals surface area contributed by atoms with Gasteiger partial charge >= 0.3 is 0 Å². The minimum absolute atomic E-state index is 0.168. The van der Waals surface area contributed by atoms with Gasteiger partial charge in [-0.1, -0.05) is 0 Å². The van der Waals surface area contributed by atoms with Crippen molar-refractivity contribution < 1.29 is 14.3 Å². The molecule has 2 rings (SSSR count). The number of carbonyl (C=O) groups excluding carboxylic acids is 1. The highest BCUT2D eigenvalue weighted by Crippen LogP contribution is 2.37. The van der Waals surface area contributed by atoms with Gasteiger partial charge in [0.2, 0.25) is 5.91 Å². The van der Waals surface area contributed by atoms with Gasteiger partial charge in [0.15, 0.2) is 11.5 Å². The minimum Gasteiger partial charge on any atom is -0.493 e. The van der Waals surface area contributed by atoms with Crippen molar-refractivity contribution >= 4 is 17.3 Å². The number of hydrogen-bond acceptors (Lipinski definition) is 4. The molecule has 1 aliphatic carbocycles. The summed E-state index contributed by atoms with van der Waals surface area (Å²) in [6, 6.07) is 3.41. The largest absolute Gasteiger partial charge is 0.493 e. The zero-order valence-electron chi connectivity index (χ0n) is 11.4. The fourth-order valence-electron chi connectivity index (χ4n) is 2.31. The first kappa shape index (κ1) is 13.5. The average Bonchev–Trinajstić information content (AvgIpc) is 2.85. The van der Waals surface area contributed by atoms with Crippen molar-refractivity contribution in [3.63, 3.8) is 0 Å². The highest BCUT2D eigenvalue weighted by molar-refractivity contribution is 5.93. The van der Waals surface area contributed by atoms with E-state index in [0.29, 0.717) is 22.9 Å². The molecular formula is C14H20N2O3. The van der Waals surface area contributed by atoms with Crippen LogP contribution >= 0.6 is 0 Å². The molecule has 1 aromatic carbocycles. The Hall–Kier alpha value is -1.91. The molecule has 3 N–H and O–H groups in total. The van der Waals surface area contributed by atoms with Crippen LogP contribution in [0.2, 0.25) is 0 Å². The van der Waals surface area contributed by atoms with E-state index in [4.69, 9.17) is 15.2 Å². The standard InChI is InChI=1S/C14H20N2O3/c1-9(17)16-12-8-13(18-2)14(7-11(12)15)19-10-5-3-4-6-10/h7-8,10H,3-6,15H2,1-2H3,(H,16,17). The van der Waals surface area contributed by atoms with Gasteiger partial charge in [0.25, 0.3) is 0 Å². The zero-order chi connectivity index (χ0) is 13.8. The summed E-state index contributed by atoms with van der Waals surface area (Å²) in [5, 5.41) is 2.67. The summed E-state index contributed by atoms with van der Waals surface area (Å²) in [4.78, 5) is 11.1. The Bertz CT molecular complexity index is 468. The van der Waals surface area contributed by atoms with Gasteiger partial charge in [0, 0.05) is 19.1 Å². The first-order valence-corrected chi connectivity index (χ1v) is 6.52. The van der Waals surface area contributed by atoms with Crippen LogP contribution in [0.3, 0.4) is 0 Å². The second-order valence-electron chi connectivity index (χ2n) is 4.80. The van der Waals surface area contributed by atoms with Crippen molar-refractivity contribution in [1.82, 2.24) is 0 Å². The quantitative estimate of drug-likeness (QED) is 0.820. The van der Waals surface area contributed by atoms with Crippen LogP contribution in [0.1, 0.15) is 32.6 Å². The maximum atomic E-state index is 11.1. The fraction of sp³-hybridized carbons (Fsp3) is 0.500. The van der Waals surface area contributed by atoms with E-state index in [-0.39, 0.29) is 12.0 Å². The molecule has 1 saturated carbocycles. The van der Waals surface area contributed by atoms with Gasteiger partial charge in [0.05, 0.1) is 24.6 Å². The SMILES string of the molecule is COc1cc(NC(C)=O)c(N)cc1OC1CCCC1. The van der Waals surface area contributed by atoms with Crippen LogP contribution in [-0.2, 0) is 4.79 Å². The van der Waals surface area contributed by atoms with Gasteiger partial charge in [-0.25, -0.2) is 0 Å². The maximum absolute atomic E-state index is 11.1. The van der Waals surface area contributed by atoms with Crippen LogP contribution in [0.15, 0.2) is 12.1 Å². The lowest BCUT2D eigenvalue weighted by molar-refractivity contribution is -0.114. The van der Waals surface area contributed by atoms with Gasteiger partial charge in [-0.3, -0.25) is 4.79 Å². The van der Waals surface area contributed by atoms with Crippen molar-refractivity contribution in [2.24, 2.45) is 0 Å². The van der Waals surface area contributed by atoms with Gasteiger partial charge in [0.1, 0.15) is 0 Å². The molecule has 0 atom stereocenters. The van der Waals surface area contributed by atoms with E-state index < -0.39 is 0 Å². The first-order valence-electron chi connectivity index (χ1n) is 6.52. The number of rotatable bonds is 4. The van der Waals surface area contributed by atoms with E-state index in [9.17, 15) is 4.79 Å². The first-order chi connectivity index (χ1) is 9.10. The van der Waals surface area contributed by atoms with Gasteiger partial charge in [-0.05, 0) is 25.7 Å². The van der Waals surface area contributed by atoms with Crippen LogP contribution in [0, 0.1) is 0 Å². The van der Waals surface area contributed by atoms with Crippen molar-refractivity contribution in [3.05, 3.63) is 12.1 Å². The number of anilines is 2. The third-order valence-corrected chi connectivity index (χ3v) is 3.24. The molecule has 1 amide bonds. The van der Waals surface area contributed by atoms with Crippen molar-refractivity contribution in [3.8, 4) is 11.5 Å². The second-order valence-corrected chi connectivity index (χ2v) is 4.80. The number of amides is 1. The summed E-state index contributed by atoms with van der Waals surface area (Å²) in [5.41, 5.74) is 6.94. The van der Waals surface area contributed by atoms with E-state index >= 15 is 0 Å². The average molecular weight is 264 g/mol. The number of ether oxygens (including phenoxy) is 2. The second kappa shape index (κ2) is 5.82. The van der Waals surface area contributed by atoms with Crippen LogP contribution in [0.4, 0.5) is 11.4 Å². The Morgan fingerprint density at radius 1 is 1.32 bits per heavy atom. The number of carbonyl (C=O) groups is 1. The summed E-state index contributed by atoms with van der Waals surface area (Å²) in [6.45, 7) is 1.44. The monoisotopic (exact) mass is 264 g/mol. The Balaban J connectivity index is 2.22.